The van der Waals surface area contributed by atoms with Crippen LogP contribution in [-0.2, 0) is 10.0 Å². The summed E-state index contributed by atoms with van der Waals surface area (Å²) in [6.45, 7) is 6.47. The highest BCUT2D eigenvalue weighted by molar-refractivity contribution is 9.10. The molecule has 1 N–H and O–H groups in total. The van der Waals surface area contributed by atoms with Crippen molar-refractivity contribution in [2.24, 2.45) is 5.41 Å². The predicted octanol–water partition coefficient (Wildman–Crippen LogP) is 3.83. The molecule has 104 valence electrons. The van der Waals surface area contributed by atoms with E-state index < -0.39 is 10.0 Å². The lowest BCUT2D eigenvalue weighted by molar-refractivity contribution is 0.369. The topological polar surface area (TPSA) is 46.2 Å². The van der Waals surface area contributed by atoms with Crippen LogP contribution in [0, 0.1) is 5.41 Å². The highest BCUT2D eigenvalue weighted by atomic mass is 79.9. The molecular weight excluding hydrogens is 358 g/mol. The SMILES string of the molecule is CC(C)(C)CC(Cl)CNS(=O)(=O)c1sccc1Br. The molecule has 0 saturated heterocycles. The Balaban J connectivity index is 2.61. The number of hydrogen-bond acceptors (Lipinski definition) is 3. The Morgan fingerprint density at radius 3 is 2.56 bits per heavy atom. The molecule has 18 heavy (non-hydrogen) atoms. The van der Waals surface area contributed by atoms with E-state index in [1.165, 1.54) is 11.3 Å². The summed E-state index contributed by atoms with van der Waals surface area (Å²) in [5, 5.41) is 1.52. The van der Waals surface area contributed by atoms with E-state index in [4.69, 9.17) is 11.6 Å². The van der Waals surface area contributed by atoms with Crippen molar-refractivity contribution in [2.75, 3.05) is 6.54 Å². The van der Waals surface area contributed by atoms with E-state index in [1.807, 2.05) is 0 Å². The van der Waals surface area contributed by atoms with Crippen molar-refractivity contribution in [1.29, 1.82) is 0 Å². The molecule has 3 nitrogen and oxygen atoms in total. The second-order valence-electron chi connectivity index (χ2n) is 5.27. The summed E-state index contributed by atoms with van der Waals surface area (Å²) in [6.07, 6.45) is 0.753. The molecule has 1 atom stereocenters. The molecule has 1 aromatic heterocycles. The van der Waals surface area contributed by atoms with Gasteiger partial charge >= 0.3 is 0 Å². The second kappa shape index (κ2) is 6.22. The number of halogens is 2. The zero-order valence-electron chi connectivity index (χ0n) is 10.5. The maximum Gasteiger partial charge on any atom is 0.251 e. The molecule has 7 heteroatoms. The fourth-order valence-electron chi connectivity index (χ4n) is 1.47. The van der Waals surface area contributed by atoms with Crippen LogP contribution < -0.4 is 4.72 Å². The molecule has 0 aromatic carbocycles. The normalized spacial score (nSPS) is 14.7. The number of thiophene rings is 1. The van der Waals surface area contributed by atoms with Gasteiger partial charge in [-0.15, -0.1) is 22.9 Å². The van der Waals surface area contributed by atoms with E-state index in [0.717, 1.165) is 6.42 Å². The minimum atomic E-state index is -3.46. The summed E-state index contributed by atoms with van der Waals surface area (Å²) in [5.41, 5.74) is 0.0847. The van der Waals surface area contributed by atoms with Gasteiger partial charge in [0.2, 0.25) is 0 Å². The zero-order valence-corrected chi connectivity index (χ0v) is 14.5. The molecule has 0 bridgehead atoms. The molecule has 1 unspecified atom stereocenters. The van der Waals surface area contributed by atoms with Gasteiger partial charge in [-0.05, 0) is 39.2 Å². The van der Waals surface area contributed by atoms with E-state index in [9.17, 15) is 8.42 Å². The first kappa shape index (κ1) is 16.4. The van der Waals surface area contributed by atoms with Crippen LogP contribution in [0.25, 0.3) is 0 Å². The standard InChI is InChI=1S/C11H17BrClNO2S2/c1-11(2,3)6-8(13)7-14-18(15,16)10-9(12)4-5-17-10/h4-5,8,14H,6-7H2,1-3H3. The predicted molar refractivity (Wildman–Crippen MR) is 80.9 cm³/mol. The molecule has 0 radical (unpaired) electrons. The molecule has 1 aromatic rings. The Kier molecular flexibility index (Phi) is 5.68. The van der Waals surface area contributed by atoms with Crippen LogP contribution in [0.2, 0.25) is 0 Å². The van der Waals surface area contributed by atoms with Crippen LogP contribution in [0.5, 0.6) is 0 Å². The van der Waals surface area contributed by atoms with Gasteiger partial charge in [-0.25, -0.2) is 13.1 Å². The molecule has 0 saturated carbocycles. The van der Waals surface area contributed by atoms with E-state index in [0.29, 0.717) is 8.68 Å². The Morgan fingerprint density at radius 2 is 2.11 bits per heavy atom. The smallest absolute Gasteiger partial charge is 0.209 e. The molecule has 0 spiro atoms. The van der Waals surface area contributed by atoms with Crippen LogP contribution in [-0.4, -0.2) is 20.3 Å². The lowest BCUT2D eigenvalue weighted by atomic mass is 9.90. The fraction of sp³-hybridized carbons (Fsp3) is 0.636. The molecule has 0 aliphatic rings. The Labute approximate surface area is 126 Å². The summed E-state index contributed by atoms with van der Waals surface area (Å²) >= 11 is 10.5. The molecule has 0 amide bonds. The van der Waals surface area contributed by atoms with Gasteiger partial charge < -0.3 is 0 Å². The molecule has 0 aliphatic heterocycles. The highest BCUT2D eigenvalue weighted by Crippen LogP contribution is 2.28. The van der Waals surface area contributed by atoms with Gasteiger partial charge in [0, 0.05) is 16.4 Å². The summed E-state index contributed by atoms with van der Waals surface area (Å²) in [4.78, 5) is 0. The van der Waals surface area contributed by atoms with E-state index in [-0.39, 0.29) is 17.3 Å². The lowest BCUT2D eigenvalue weighted by Crippen LogP contribution is -2.31. The number of sulfonamides is 1. The van der Waals surface area contributed by atoms with Gasteiger partial charge in [0.25, 0.3) is 10.0 Å². The molecule has 1 rings (SSSR count). The molecule has 0 fully saturated rings. The Morgan fingerprint density at radius 1 is 1.50 bits per heavy atom. The maximum absolute atomic E-state index is 12.0. The van der Waals surface area contributed by atoms with Crippen molar-refractivity contribution < 1.29 is 8.42 Å². The zero-order chi connectivity index (χ0) is 14.0. The number of alkyl halides is 1. The van der Waals surface area contributed by atoms with Crippen molar-refractivity contribution in [3.8, 4) is 0 Å². The van der Waals surface area contributed by atoms with Crippen molar-refractivity contribution in [3.63, 3.8) is 0 Å². The van der Waals surface area contributed by atoms with Gasteiger partial charge in [-0.2, -0.15) is 0 Å². The molecular formula is C11H17BrClNO2S2. The Hall–Kier alpha value is 0.380. The summed E-state index contributed by atoms with van der Waals surface area (Å²) in [6, 6.07) is 1.71. The quantitative estimate of drug-likeness (QED) is 0.796. The average Bonchev–Trinajstić information content (AvgIpc) is 2.60. The minimum Gasteiger partial charge on any atom is -0.209 e. The van der Waals surface area contributed by atoms with Crippen molar-refractivity contribution in [1.82, 2.24) is 4.72 Å². The van der Waals surface area contributed by atoms with Crippen LogP contribution >= 0.6 is 38.9 Å². The van der Waals surface area contributed by atoms with Crippen LogP contribution in [0.3, 0.4) is 0 Å². The minimum absolute atomic E-state index is 0.0847. The second-order valence-corrected chi connectivity index (χ2v) is 9.62. The first-order valence-corrected chi connectivity index (χ1v) is 9.08. The van der Waals surface area contributed by atoms with Crippen LogP contribution in [0.1, 0.15) is 27.2 Å². The molecule has 1 heterocycles. The number of rotatable bonds is 5. The third-order valence-corrected chi connectivity index (χ3v) is 6.56. The maximum atomic E-state index is 12.0. The first-order valence-electron chi connectivity index (χ1n) is 5.48. The summed E-state index contributed by atoms with van der Waals surface area (Å²) in [5.74, 6) is 0. The lowest BCUT2D eigenvalue weighted by Gasteiger charge is -2.21. The number of hydrogen-bond donors (Lipinski definition) is 1. The van der Waals surface area contributed by atoms with Gasteiger partial charge in [0.1, 0.15) is 4.21 Å². The van der Waals surface area contributed by atoms with Crippen LogP contribution in [0.4, 0.5) is 0 Å². The van der Waals surface area contributed by atoms with Crippen molar-refractivity contribution in [3.05, 3.63) is 15.9 Å². The third-order valence-electron chi connectivity index (χ3n) is 2.16. The van der Waals surface area contributed by atoms with Gasteiger partial charge in [0.15, 0.2) is 0 Å². The van der Waals surface area contributed by atoms with E-state index in [1.54, 1.807) is 11.4 Å². The Bertz CT molecular complexity index is 493. The van der Waals surface area contributed by atoms with E-state index in [2.05, 4.69) is 41.4 Å². The highest BCUT2D eigenvalue weighted by Gasteiger charge is 2.22. The molecule has 0 aliphatic carbocycles. The van der Waals surface area contributed by atoms with Gasteiger partial charge in [-0.3, -0.25) is 0 Å². The average molecular weight is 375 g/mol. The van der Waals surface area contributed by atoms with Crippen molar-refractivity contribution in [2.45, 2.75) is 36.8 Å². The monoisotopic (exact) mass is 373 g/mol. The first-order chi connectivity index (χ1) is 8.12. The van der Waals surface area contributed by atoms with Gasteiger partial charge in [0.05, 0.1) is 0 Å². The van der Waals surface area contributed by atoms with Crippen LogP contribution in [0.15, 0.2) is 20.1 Å². The van der Waals surface area contributed by atoms with E-state index >= 15 is 0 Å². The summed E-state index contributed by atoms with van der Waals surface area (Å²) in [7, 11) is -3.46. The van der Waals surface area contributed by atoms with Crippen molar-refractivity contribution >= 4 is 48.9 Å². The summed E-state index contributed by atoms with van der Waals surface area (Å²) < 4.78 is 27.4. The van der Waals surface area contributed by atoms with Gasteiger partial charge in [-0.1, -0.05) is 20.8 Å². The largest absolute Gasteiger partial charge is 0.251 e. The third kappa shape index (κ3) is 5.17. The fourth-order valence-corrected chi connectivity index (χ4v) is 5.57. The number of nitrogens with one attached hydrogen (secondary N) is 1.